The van der Waals surface area contributed by atoms with Crippen LogP contribution in [0.15, 0.2) is 28.7 Å². The molecule has 1 N–H and O–H groups in total. The van der Waals surface area contributed by atoms with Crippen molar-refractivity contribution in [3.8, 4) is 0 Å². The highest BCUT2D eigenvalue weighted by Gasteiger charge is 2.27. The number of hydrogen-bond acceptors (Lipinski definition) is 3. The lowest BCUT2D eigenvalue weighted by Crippen LogP contribution is -2.45. The lowest BCUT2D eigenvalue weighted by atomic mass is 9.91. The summed E-state index contributed by atoms with van der Waals surface area (Å²) in [5.41, 5.74) is 0.708. The molecular formula is C15H20BrNO2. The third-order valence-electron chi connectivity index (χ3n) is 3.83. The fraction of sp³-hybridized carbons (Fsp3) is 0.533. The van der Waals surface area contributed by atoms with Crippen molar-refractivity contribution in [3.63, 3.8) is 0 Å². The van der Waals surface area contributed by atoms with Crippen molar-refractivity contribution in [1.29, 1.82) is 0 Å². The van der Waals surface area contributed by atoms with Gasteiger partial charge in [-0.25, -0.2) is 0 Å². The second-order valence-electron chi connectivity index (χ2n) is 5.24. The third kappa shape index (κ3) is 3.65. The van der Waals surface area contributed by atoms with Gasteiger partial charge in [-0.15, -0.1) is 0 Å². The van der Waals surface area contributed by atoms with Crippen molar-refractivity contribution >= 4 is 21.7 Å². The summed E-state index contributed by atoms with van der Waals surface area (Å²) in [6.45, 7) is 0.352. The summed E-state index contributed by atoms with van der Waals surface area (Å²) >= 11 is 3.41. The summed E-state index contributed by atoms with van der Waals surface area (Å²) in [5.74, 6) is 0.0905. The van der Waals surface area contributed by atoms with Gasteiger partial charge in [-0.3, -0.25) is 9.69 Å². The molecule has 0 aromatic heterocycles. The lowest BCUT2D eigenvalue weighted by Gasteiger charge is -2.34. The van der Waals surface area contributed by atoms with Crippen molar-refractivity contribution in [1.82, 2.24) is 4.90 Å². The number of aliphatic hydroxyl groups is 1. The minimum atomic E-state index is -0.300. The summed E-state index contributed by atoms with van der Waals surface area (Å²) in [7, 11) is 1.92. The molecule has 0 aliphatic heterocycles. The molecule has 4 heteroatoms. The van der Waals surface area contributed by atoms with Crippen LogP contribution >= 0.6 is 15.9 Å². The van der Waals surface area contributed by atoms with Crippen LogP contribution in [0.5, 0.6) is 0 Å². The molecule has 0 bridgehead atoms. The fourth-order valence-corrected chi connectivity index (χ4v) is 3.23. The number of aliphatic hydroxyl groups excluding tert-OH is 1. The van der Waals surface area contributed by atoms with Crippen LogP contribution in [0.4, 0.5) is 0 Å². The summed E-state index contributed by atoms with van der Waals surface area (Å²) < 4.78 is 0.831. The first kappa shape index (κ1) is 14.7. The summed E-state index contributed by atoms with van der Waals surface area (Å²) in [5, 5.41) is 10.0. The number of rotatable bonds is 4. The summed E-state index contributed by atoms with van der Waals surface area (Å²) in [6, 6.07) is 7.59. The maximum absolute atomic E-state index is 12.3. The topological polar surface area (TPSA) is 40.5 Å². The molecule has 0 amide bonds. The maximum Gasteiger partial charge on any atom is 0.177 e. The second kappa shape index (κ2) is 6.64. The summed E-state index contributed by atoms with van der Waals surface area (Å²) in [6.07, 6.45) is 3.74. The average molecular weight is 326 g/mol. The first-order valence-corrected chi connectivity index (χ1v) is 7.55. The van der Waals surface area contributed by atoms with Gasteiger partial charge in [0, 0.05) is 16.1 Å². The Bertz CT molecular complexity index is 450. The van der Waals surface area contributed by atoms with E-state index < -0.39 is 0 Å². The van der Waals surface area contributed by atoms with Gasteiger partial charge in [-0.2, -0.15) is 0 Å². The molecule has 1 aliphatic carbocycles. The van der Waals surface area contributed by atoms with Crippen LogP contribution in [0.1, 0.15) is 36.0 Å². The van der Waals surface area contributed by atoms with Gasteiger partial charge in [-0.1, -0.05) is 47.0 Å². The van der Waals surface area contributed by atoms with Crippen LogP contribution < -0.4 is 0 Å². The molecule has 19 heavy (non-hydrogen) atoms. The van der Waals surface area contributed by atoms with Crippen LogP contribution in [0.3, 0.4) is 0 Å². The SMILES string of the molecule is CN(CC(=O)c1ccccc1Br)C1CCCCC1O. The van der Waals surface area contributed by atoms with Gasteiger partial charge in [0.05, 0.1) is 12.6 Å². The third-order valence-corrected chi connectivity index (χ3v) is 4.52. The molecule has 1 aromatic rings. The Kier molecular flexibility index (Phi) is 5.13. The van der Waals surface area contributed by atoms with Crippen LogP contribution in [0.25, 0.3) is 0 Å². The average Bonchev–Trinajstić information content (AvgIpc) is 2.39. The molecule has 1 fully saturated rings. The van der Waals surface area contributed by atoms with Gasteiger partial charge >= 0.3 is 0 Å². The van der Waals surface area contributed by atoms with Crippen molar-refractivity contribution < 1.29 is 9.90 Å². The Morgan fingerprint density at radius 1 is 1.37 bits per heavy atom. The monoisotopic (exact) mass is 325 g/mol. The second-order valence-corrected chi connectivity index (χ2v) is 6.09. The minimum absolute atomic E-state index is 0.0905. The number of benzene rings is 1. The Balaban J connectivity index is 2.00. The fourth-order valence-electron chi connectivity index (χ4n) is 2.72. The first-order chi connectivity index (χ1) is 9.09. The van der Waals surface area contributed by atoms with Gasteiger partial charge in [0.15, 0.2) is 5.78 Å². The predicted octanol–water partition coefficient (Wildman–Crippen LogP) is 2.87. The zero-order valence-corrected chi connectivity index (χ0v) is 12.8. The molecule has 2 unspecified atom stereocenters. The standard InChI is InChI=1S/C15H20BrNO2/c1-17(13-8-4-5-9-14(13)18)10-15(19)11-6-2-3-7-12(11)16/h2-3,6-7,13-14,18H,4-5,8-10H2,1H3. The highest BCUT2D eigenvalue weighted by Crippen LogP contribution is 2.23. The van der Waals surface area contributed by atoms with E-state index in [0.29, 0.717) is 12.1 Å². The zero-order valence-electron chi connectivity index (χ0n) is 11.2. The van der Waals surface area contributed by atoms with Gasteiger partial charge in [0.1, 0.15) is 0 Å². The van der Waals surface area contributed by atoms with Crippen LogP contribution in [0, 0.1) is 0 Å². The number of carbonyl (C=O) groups excluding carboxylic acids is 1. The van der Waals surface area contributed by atoms with Crippen molar-refractivity contribution in [2.45, 2.75) is 37.8 Å². The number of halogens is 1. The molecule has 0 saturated heterocycles. The van der Waals surface area contributed by atoms with E-state index in [0.717, 1.165) is 30.2 Å². The molecule has 1 aromatic carbocycles. The normalized spacial score (nSPS) is 23.6. The highest BCUT2D eigenvalue weighted by molar-refractivity contribution is 9.10. The van der Waals surface area contributed by atoms with E-state index in [-0.39, 0.29) is 17.9 Å². The first-order valence-electron chi connectivity index (χ1n) is 6.75. The van der Waals surface area contributed by atoms with Crippen LogP contribution in [0.2, 0.25) is 0 Å². The smallest absolute Gasteiger partial charge is 0.177 e. The zero-order chi connectivity index (χ0) is 13.8. The van der Waals surface area contributed by atoms with E-state index >= 15 is 0 Å². The number of carbonyl (C=O) groups is 1. The molecule has 1 saturated carbocycles. The lowest BCUT2D eigenvalue weighted by molar-refractivity contribution is 0.0322. The number of likely N-dealkylation sites (N-methyl/N-ethyl adjacent to an activating group) is 1. The molecule has 0 heterocycles. The van der Waals surface area contributed by atoms with E-state index in [1.165, 1.54) is 0 Å². The quantitative estimate of drug-likeness (QED) is 0.865. The molecule has 0 radical (unpaired) electrons. The predicted molar refractivity (Wildman–Crippen MR) is 79.4 cm³/mol. The molecular weight excluding hydrogens is 306 g/mol. The largest absolute Gasteiger partial charge is 0.391 e. The Hall–Kier alpha value is -0.710. The number of Topliss-reactive ketones (excluding diaryl/α,β-unsaturated/α-hetero) is 1. The molecule has 1 aliphatic rings. The van der Waals surface area contributed by atoms with E-state index in [4.69, 9.17) is 0 Å². The minimum Gasteiger partial charge on any atom is -0.391 e. The number of ketones is 1. The Labute approximate surface area is 122 Å². The van der Waals surface area contributed by atoms with Gasteiger partial charge < -0.3 is 5.11 Å². The van der Waals surface area contributed by atoms with Gasteiger partial charge in [-0.05, 0) is 26.0 Å². The van der Waals surface area contributed by atoms with Crippen LogP contribution in [-0.2, 0) is 0 Å². The van der Waals surface area contributed by atoms with E-state index in [9.17, 15) is 9.90 Å². The van der Waals surface area contributed by atoms with E-state index in [1.807, 2.05) is 36.2 Å². The highest BCUT2D eigenvalue weighted by atomic mass is 79.9. The van der Waals surface area contributed by atoms with E-state index in [2.05, 4.69) is 15.9 Å². The molecule has 104 valence electrons. The maximum atomic E-state index is 12.3. The number of nitrogens with zero attached hydrogens (tertiary/aromatic N) is 1. The van der Waals surface area contributed by atoms with E-state index in [1.54, 1.807) is 0 Å². The van der Waals surface area contributed by atoms with Crippen molar-refractivity contribution in [2.75, 3.05) is 13.6 Å². The Morgan fingerprint density at radius 3 is 2.74 bits per heavy atom. The van der Waals surface area contributed by atoms with Gasteiger partial charge in [0.2, 0.25) is 0 Å². The molecule has 2 atom stereocenters. The van der Waals surface area contributed by atoms with Crippen molar-refractivity contribution in [2.24, 2.45) is 0 Å². The number of hydrogen-bond donors (Lipinski definition) is 1. The Morgan fingerprint density at radius 2 is 2.05 bits per heavy atom. The van der Waals surface area contributed by atoms with Crippen molar-refractivity contribution in [3.05, 3.63) is 34.3 Å². The summed E-state index contributed by atoms with van der Waals surface area (Å²) in [4.78, 5) is 14.3. The van der Waals surface area contributed by atoms with Crippen LogP contribution in [-0.4, -0.2) is 41.5 Å². The molecule has 3 nitrogen and oxygen atoms in total. The van der Waals surface area contributed by atoms with Gasteiger partial charge in [0.25, 0.3) is 0 Å². The molecule has 2 rings (SSSR count). The molecule has 0 spiro atoms.